The number of hydrogen-bond donors (Lipinski definition) is 3. The van der Waals surface area contributed by atoms with Crippen LogP contribution in [-0.4, -0.2) is 83.9 Å². The van der Waals surface area contributed by atoms with E-state index in [0.717, 1.165) is 0 Å². The van der Waals surface area contributed by atoms with Crippen LogP contribution in [0.3, 0.4) is 0 Å². The van der Waals surface area contributed by atoms with Crippen molar-refractivity contribution in [3.8, 4) is 11.8 Å². The summed E-state index contributed by atoms with van der Waals surface area (Å²) in [6, 6.07) is 14.0. The molecular weight excluding hydrogens is 532 g/mol. The molecule has 13 heteroatoms. The molecule has 0 saturated carbocycles. The molecule has 0 aliphatic carbocycles. The minimum Gasteiger partial charge on any atom is -0.491 e. The number of aliphatic hydroxyl groups is 1. The van der Waals surface area contributed by atoms with Crippen molar-refractivity contribution in [2.45, 2.75) is 46.8 Å². The third kappa shape index (κ3) is 6.52. The fourth-order valence-electron chi connectivity index (χ4n) is 4.71. The van der Waals surface area contributed by atoms with E-state index in [2.05, 4.69) is 10.0 Å². The molecule has 2 aromatic carbocycles. The van der Waals surface area contributed by atoms with Crippen molar-refractivity contribution in [3.05, 3.63) is 54.1 Å². The monoisotopic (exact) mass is 564 g/mol. The van der Waals surface area contributed by atoms with Gasteiger partial charge in [-0.05, 0) is 62.7 Å². The van der Waals surface area contributed by atoms with Gasteiger partial charge in [0.2, 0.25) is 20.0 Å². The van der Waals surface area contributed by atoms with Crippen LogP contribution in [0.25, 0.3) is 0 Å². The van der Waals surface area contributed by atoms with Crippen LogP contribution in [-0.2, 0) is 24.8 Å². The van der Waals surface area contributed by atoms with Crippen LogP contribution in [0.15, 0.2) is 58.3 Å². The van der Waals surface area contributed by atoms with E-state index < -0.39 is 31.8 Å². The molecule has 0 bridgehead atoms. The van der Waals surface area contributed by atoms with Crippen molar-refractivity contribution < 1.29 is 31.4 Å². The van der Waals surface area contributed by atoms with E-state index in [1.54, 1.807) is 12.1 Å². The Morgan fingerprint density at radius 1 is 1.16 bits per heavy atom. The van der Waals surface area contributed by atoms with Crippen molar-refractivity contribution in [3.63, 3.8) is 0 Å². The summed E-state index contributed by atoms with van der Waals surface area (Å²) < 4.78 is 65.3. The number of nitriles is 1. The van der Waals surface area contributed by atoms with Crippen LogP contribution in [0.4, 0.5) is 0 Å². The van der Waals surface area contributed by atoms with E-state index in [9.17, 15) is 21.9 Å². The number of benzene rings is 2. The minimum absolute atomic E-state index is 0.00966. The molecule has 2 unspecified atom stereocenters. The molecule has 38 heavy (non-hydrogen) atoms. The van der Waals surface area contributed by atoms with E-state index in [4.69, 9.17) is 14.7 Å². The Kier molecular flexibility index (Phi) is 8.73. The number of nitrogens with one attached hydrogen (secondary N) is 2. The Labute approximate surface area is 223 Å². The van der Waals surface area contributed by atoms with Gasteiger partial charge in [0.15, 0.2) is 0 Å². The SMILES string of the molecule is CNS(=O)(=O)c1cccc(OCC(O)CNC2COC3(CCN(S(=O)(=O)c4ccc(C#N)cc4)CC3)C2)c1. The van der Waals surface area contributed by atoms with Crippen molar-refractivity contribution in [2.24, 2.45) is 0 Å². The predicted molar refractivity (Wildman–Crippen MR) is 138 cm³/mol. The molecule has 2 heterocycles. The van der Waals surface area contributed by atoms with Gasteiger partial charge in [-0.1, -0.05) is 6.07 Å². The summed E-state index contributed by atoms with van der Waals surface area (Å²) in [4.78, 5) is 0.250. The number of hydrogen-bond acceptors (Lipinski definition) is 9. The van der Waals surface area contributed by atoms with Crippen LogP contribution in [0.2, 0.25) is 0 Å². The highest BCUT2D eigenvalue weighted by atomic mass is 32.2. The standard InChI is InChI=1S/C25H32N4O7S2/c1-27-37(31,32)24-4-2-3-22(13-24)35-18-21(30)16-28-20-14-25(36-17-20)9-11-29(12-10-25)38(33,34)23-7-5-19(15-26)6-8-23/h2-8,13,20-21,27-28,30H,9-12,14,16-18H2,1H3. The Hall–Kier alpha value is -2.57. The second-order valence-corrected chi connectivity index (χ2v) is 13.3. The molecular formula is C25H32N4O7S2. The zero-order chi connectivity index (χ0) is 27.4. The van der Waals surface area contributed by atoms with Crippen LogP contribution in [0, 0.1) is 11.3 Å². The number of aliphatic hydroxyl groups excluding tert-OH is 1. The van der Waals surface area contributed by atoms with Gasteiger partial charge in [0.1, 0.15) is 18.5 Å². The van der Waals surface area contributed by atoms with E-state index in [0.29, 0.717) is 50.3 Å². The van der Waals surface area contributed by atoms with Gasteiger partial charge in [0.05, 0.1) is 33.6 Å². The lowest BCUT2D eigenvalue weighted by Crippen LogP contribution is -2.47. The third-order valence-corrected chi connectivity index (χ3v) is 10.3. The molecule has 1 spiro atoms. The van der Waals surface area contributed by atoms with Gasteiger partial charge in [-0.25, -0.2) is 21.6 Å². The van der Waals surface area contributed by atoms with Crippen LogP contribution >= 0.6 is 0 Å². The van der Waals surface area contributed by atoms with Crippen LogP contribution in [0.5, 0.6) is 5.75 Å². The first-order valence-corrected chi connectivity index (χ1v) is 15.2. The fourth-order valence-corrected chi connectivity index (χ4v) is 6.92. The fraction of sp³-hybridized carbons (Fsp3) is 0.480. The minimum atomic E-state index is -3.64. The summed E-state index contributed by atoms with van der Waals surface area (Å²) in [5.74, 6) is 0.339. The zero-order valence-electron chi connectivity index (χ0n) is 21.0. The average Bonchev–Trinajstić information content (AvgIpc) is 3.33. The van der Waals surface area contributed by atoms with Gasteiger partial charge < -0.3 is 19.9 Å². The lowest BCUT2D eigenvalue weighted by molar-refractivity contribution is -0.0312. The first-order chi connectivity index (χ1) is 18.1. The molecule has 2 aromatic rings. The molecule has 0 radical (unpaired) electrons. The molecule has 2 aliphatic rings. The maximum absolute atomic E-state index is 13.0. The van der Waals surface area contributed by atoms with Crippen molar-refractivity contribution >= 4 is 20.0 Å². The summed E-state index contributed by atoms with van der Waals surface area (Å²) in [5, 5.41) is 22.6. The molecule has 2 fully saturated rings. The van der Waals surface area contributed by atoms with Crippen molar-refractivity contribution in [2.75, 3.05) is 39.9 Å². The van der Waals surface area contributed by atoms with Gasteiger partial charge in [-0.15, -0.1) is 0 Å². The Morgan fingerprint density at radius 3 is 2.53 bits per heavy atom. The molecule has 2 saturated heterocycles. The summed E-state index contributed by atoms with van der Waals surface area (Å²) >= 11 is 0. The quantitative estimate of drug-likeness (QED) is 0.380. The smallest absolute Gasteiger partial charge is 0.243 e. The molecule has 2 atom stereocenters. The number of sulfonamides is 2. The Balaban J connectivity index is 1.23. The van der Waals surface area contributed by atoms with E-state index in [1.807, 2.05) is 6.07 Å². The van der Waals surface area contributed by atoms with Gasteiger partial charge in [0, 0.05) is 31.7 Å². The van der Waals surface area contributed by atoms with Gasteiger partial charge in [0.25, 0.3) is 0 Å². The molecule has 0 amide bonds. The highest BCUT2D eigenvalue weighted by Gasteiger charge is 2.44. The number of rotatable bonds is 10. The third-order valence-electron chi connectivity index (χ3n) is 6.93. The number of nitrogens with zero attached hydrogens (tertiary/aromatic N) is 2. The second-order valence-electron chi connectivity index (χ2n) is 9.49. The maximum atomic E-state index is 13.0. The molecule has 0 aromatic heterocycles. The van der Waals surface area contributed by atoms with Crippen molar-refractivity contribution in [1.82, 2.24) is 14.3 Å². The molecule has 3 N–H and O–H groups in total. The summed E-state index contributed by atoms with van der Waals surface area (Å²) in [5.41, 5.74) is 0.00000158. The Morgan fingerprint density at radius 2 is 1.87 bits per heavy atom. The second kappa shape index (κ2) is 11.7. The van der Waals surface area contributed by atoms with E-state index >= 15 is 0 Å². The predicted octanol–water partition coefficient (Wildman–Crippen LogP) is 0.808. The van der Waals surface area contributed by atoms with Gasteiger partial charge >= 0.3 is 0 Å². The maximum Gasteiger partial charge on any atom is 0.243 e. The van der Waals surface area contributed by atoms with Gasteiger partial charge in [-0.2, -0.15) is 9.57 Å². The van der Waals surface area contributed by atoms with E-state index in [-0.39, 0.29) is 29.0 Å². The van der Waals surface area contributed by atoms with Crippen LogP contribution < -0.4 is 14.8 Å². The summed E-state index contributed by atoms with van der Waals surface area (Å²) in [6.45, 7) is 1.39. The highest BCUT2D eigenvalue weighted by Crippen LogP contribution is 2.37. The molecule has 206 valence electrons. The van der Waals surface area contributed by atoms with E-state index in [1.165, 1.54) is 47.8 Å². The molecule has 2 aliphatic heterocycles. The number of ether oxygens (including phenoxy) is 2. The average molecular weight is 565 g/mol. The lowest BCUT2D eigenvalue weighted by Gasteiger charge is -2.38. The first-order valence-electron chi connectivity index (χ1n) is 12.3. The highest BCUT2D eigenvalue weighted by molar-refractivity contribution is 7.89. The lowest BCUT2D eigenvalue weighted by atomic mass is 9.88. The largest absolute Gasteiger partial charge is 0.491 e. The zero-order valence-corrected chi connectivity index (χ0v) is 22.7. The number of piperidine rings is 1. The Bertz CT molecular complexity index is 1370. The summed E-state index contributed by atoms with van der Waals surface area (Å²) in [7, 11) is -5.90. The first kappa shape index (κ1) is 28.4. The van der Waals surface area contributed by atoms with Crippen LogP contribution in [0.1, 0.15) is 24.8 Å². The van der Waals surface area contributed by atoms with Gasteiger partial charge in [-0.3, -0.25) is 0 Å². The normalized spacial score (nSPS) is 20.7. The topological polar surface area (TPSA) is 158 Å². The summed E-state index contributed by atoms with van der Waals surface area (Å²) in [6.07, 6.45) is 1.02. The van der Waals surface area contributed by atoms with Crippen molar-refractivity contribution in [1.29, 1.82) is 5.26 Å². The molecule has 4 rings (SSSR count). The molecule has 11 nitrogen and oxygen atoms in total.